The van der Waals surface area contributed by atoms with Gasteiger partial charge in [-0.3, -0.25) is 13.9 Å². The molecule has 3 N–H and O–H groups in total. The van der Waals surface area contributed by atoms with Crippen LogP contribution in [0.5, 0.6) is 0 Å². The first kappa shape index (κ1) is 45.1. The Balaban J connectivity index is 1.38. The van der Waals surface area contributed by atoms with Crippen LogP contribution in [0, 0.1) is 5.41 Å². The number of aliphatic imine (C=N–C) groups is 1. The zero-order valence-electron chi connectivity index (χ0n) is 34.7. The van der Waals surface area contributed by atoms with E-state index in [0.717, 1.165) is 69.2 Å². The standard InChI is InChI=1S/C46H54ClN3O8S2/c1-45(2)38-30-36(47)31-49(25-7-9-27-59(53,54)55)44(38)48-40(45)23-21-33-19-20-34(43(33)35-15-11-13-32(29-35)14-12-18-42(51)52)22-24-41-46(3,4)37-16-5-6-17-39(37)50(41)26-8-10-28-60(56,57)58/h5-6,11,13,15-17,21-24,29-31H,7-10,12,14,18-20,25-28H2,1-4H3,(H2-,51,52,53,54,55,56,57,58)/p+1. The molecule has 0 amide bonds. The topological polar surface area (TPSA) is 165 Å². The van der Waals surface area contributed by atoms with Crippen LogP contribution in [0.15, 0.2) is 118 Å². The quantitative estimate of drug-likeness (QED) is 0.0753. The normalized spacial score (nSPS) is 20.0. The maximum Gasteiger partial charge on any atom is 0.303 e. The average Bonchev–Trinajstić information content (AvgIpc) is 3.75. The number of carboxylic acid groups (broad SMARTS) is 1. The summed E-state index contributed by atoms with van der Waals surface area (Å²) in [6.07, 6.45) is 17.0. The molecule has 0 bridgehead atoms. The van der Waals surface area contributed by atoms with Gasteiger partial charge in [-0.15, -0.1) is 0 Å². The van der Waals surface area contributed by atoms with Crippen LogP contribution < -0.4 is 0 Å². The van der Waals surface area contributed by atoms with Crippen LogP contribution in [0.1, 0.15) is 95.8 Å². The van der Waals surface area contributed by atoms with E-state index in [1.165, 1.54) is 5.56 Å². The second-order valence-corrected chi connectivity index (χ2v) is 20.5. The van der Waals surface area contributed by atoms with Crippen molar-refractivity contribution in [3.8, 4) is 0 Å². The zero-order valence-corrected chi connectivity index (χ0v) is 37.1. The van der Waals surface area contributed by atoms with Gasteiger partial charge in [0.15, 0.2) is 5.71 Å². The number of aliphatic carboxylic acids is 1. The fourth-order valence-corrected chi connectivity index (χ4v) is 9.98. The maximum atomic E-state index is 11.5. The van der Waals surface area contributed by atoms with Crippen molar-refractivity contribution >= 4 is 60.6 Å². The predicted octanol–water partition coefficient (Wildman–Crippen LogP) is 9.18. The summed E-state index contributed by atoms with van der Waals surface area (Å²) < 4.78 is 66.4. The van der Waals surface area contributed by atoms with Gasteiger partial charge >= 0.3 is 5.97 Å². The number of halogens is 1. The Hall–Kier alpha value is -4.40. The van der Waals surface area contributed by atoms with E-state index in [4.69, 9.17) is 16.6 Å². The Morgan fingerprint density at radius 3 is 2.32 bits per heavy atom. The van der Waals surface area contributed by atoms with Gasteiger partial charge in [-0.05, 0) is 98.8 Å². The highest BCUT2D eigenvalue weighted by Crippen LogP contribution is 2.47. The summed E-state index contributed by atoms with van der Waals surface area (Å²) in [5, 5.41) is 9.83. The second kappa shape index (κ2) is 18.3. The molecule has 2 aromatic carbocycles. The van der Waals surface area contributed by atoms with Gasteiger partial charge in [0.1, 0.15) is 12.4 Å². The van der Waals surface area contributed by atoms with Gasteiger partial charge in [0.2, 0.25) is 5.69 Å². The first-order chi connectivity index (χ1) is 28.2. The monoisotopic (exact) mass is 876 g/mol. The molecule has 0 aromatic heterocycles. The van der Waals surface area contributed by atoms with Gasteiger partial charge in [0, 0.05) is 54.3 Å². The first-order valence-corrected chi connectivity index (χ1v) is 24.1. The highest BCUT2D eigenvalue weighted by molar-refractivity contribution is 7.86. The summed E-state index contributed by atoms with van der Waals surface area (Å²) in [5.74, 6) is -0.638. The lowest BCUT2D eigenvalue weighted by molar-refractivity contribution is -0.438. The molecule has 0 radical (unpaired) electrons. The van der Waals surface area contributed by atoms with Crippen LogP contribution in [0.25, 0.3) is 5.57 Å². The van der Waals surface area contributed by atoms with Gasteiger partial charge in [0.05, 0.1) is 27.7 Å². The number of unbranched alkanes of at least 4 members (excludes halogenated alkanes) is 2. The van der Waals surface area contributed by atoms with E-state index in [1.54, 1.807) is 6.20 Å². The van der Waals surface area contributed by atoms with Crippen LogP contribution in [0.2, 0.25) is 0 Å². The van der Waals surface area contributed by atoms with Crippen molar-refractivity contribution in [3.63, 3.8) is 0 Å². The molecule has 0 atom stereocenters. The van der Waals surface area contributed by atoms with E-state index >= 15 is 0 Å². The molecule has 3 heterocycles. The fraction of sp³-hybridized carbons (Fsp3) is 0.413. The van der Waals surface area contributed by atoms with E-state index < -0.39 is 31.6 Å². The molecule has 14 heteroatoms. The van der Waals surface area contributed by atoms with Crippen LogP contribution in [0.3, 0.4) is 0 Å². The Kier molecular flexibility index (Phi) is 13.8. The lowest BCUT2D eigenvalue weighted by Gasteiger charge is -2.29. The Labute approximate surface area is 359 Å². The van der Waals surface area contributed by atoms with Crippen molar-refractivity contribution in [2.24, 2.45) is 10.4 Å². The molecular weight excluding hydrogens is 822 g/mol. The van der Waals surface area contributed by atoms with Crippen molar-refractivity contribution in [2.45, 2.75) is 90.9 Å². The molecule has 2 aromatic rings. The number of hydrogen-bond donors (Lipinski definition) is 3. The number of para-hydroxylation sites is 1. The van der Waals surface area contributed by atoms with Gasteiger partial charge in [-0.1, -0.05) is 80.1 Å². The number of allylic oxidation sites excluding steroid dienone is 10. The summed E-state index contributed by atoms with van der Waals surface area (Å²) in [7, 11) is -8.09. The number of hydrogen-bond acceptors (Lipinski definition) is 7. The van der Waals surface area contributed by atoms with E-state index in [0.29, 0.717) is 56.6 Å². The SMILES string of the molecule is CC1(C)C2=CC(Cl)=CN(CCCCS(=O)(=O)O)C2=N/C1=C/C=C1\CCC(/C=C/C2=[N+](CCCCS(=O)(=O)O)c3ccccc3C2(C)C)=C1c1cccc(CCCC(=O)O)c1. The minimum absolute atomic E-state index is 0.0974. The van der Waals surface area contributed by atoms with Gasteiger partial charge < -0.3 is 10.0 Å². The molecule has 320 valence electrons. The number of carboxylic acids is 1. The third-order valence-corrected chi connectivity index (χ3v) is 13.6. The molecule has 0 fully saturated rings. The van der Waals surface area contributed by atoms with Gasteiger partial charge in [-0.25, -0.2) is 4.99 Å². The third kappa shape index (κ3) is 10.7. The van der Waals surface area contributed by atoms with E-state index in [1.807, 2.05) is 35.2 Å². The molecule has 0 saturated heterocycles. The summed E-state index contributed by atoms with van der Waals surface area (Å²) in [6, 6.07) is 16.6. The summed E-state index contributed by atoms with van der Waals surface area (Å²) >= 11 is 6.60. The van der Waals surface area contributed by atoms with Gasteiger partial charge in [-0.2, -0.15) is 21.4 Å². The zero-order chi connectivity index (χ0) is 43.5. The van der Waals surface area contributed by atoms with E-state index in [-0.39, 0.29) is 23.3 Å². The van der Waals surface area contributed by atoms with Crippen molar-refractivity contribution < 1.29 is 40.4 Å². The molecule has 4 aliphatic rings. The molecule has 60 heavy (non-hydrogen) atoms. The van der Waals surface area contributed by atoms with Gasteiger partial charge in [0.25, 0.3) is 20.2 Å². The van der Waals surface area contributed by atoms with Crippen LogP contribution in [-0.4, -0.2) is 82.6 Å². The number of benzene rings is 2. The minimum atomic E-state index is -4.05. The number of aryl methyl sites for hydroxylation is 1. The number of fused-ring (bicyclic) bond motifs is 2. The molecular formula is C46H55ClN3O8S2+. The Morgan fingerprint density at radius 2 is 1.60 bits per heavy atom. The number of carbonyl (C=O) groups is 1. The highest BCUT2D eigenvalue weighted by Gasteiger charge is 2.44. The molecule has 0 unspecified atom stereocenters. The molecule has 3 aliphatic heterocycles. The summed E-state index contributed by atoms with van der Waals surface area (Å²) in [4.78, 5) is 18.4. The van der Waals surface area contributed by atoms with Crippen LogP contribution in [0.4, 0.5) is 5.69 Å². The number of nitrogens with zero attached hydrogens (tertiary/aromatic N) is 3. The maximum absolute atomic E-state index is 11.5. The fourth-order valence-electron chi connectivity index (χ4n) is 8.61. The first-order valence-electron chi connectivity index (χ1n) is 20.5. The highest BCUT2D eigenvalue weighted by atomic mass is 35.5. The Bertz CT molecular complexity index is 2520. The second-order valence-electron chi connectivity index (χ2n) is 16.9. The lowest BCUT2D eigenvalue weighted by Crippen LogP contribution is -2.32. The van der Waals surface area contributed by atoms with E-state index in [2.05, 4.69) is 80.8 Å². The van der Waals surface area contributed by atoms with Crippen LogP contribution >= 0.6 is 11.6 Å². The Morgan fingerprint density at radius 1 is 0.883 bits per heavy atom. The van der Waals surface area contributed by atoms with E-state index in [9.17, 15) is 35.8 Å². The lowest BCUT2D eigenvalue weighted by atomic mass is 9.81. The average molecular weight is 878 g/mol. The summed E-state index contributed by atoms with van der Waals surface area (Å²) in [6.45, 7) is 9.70. The minimum Gasteiger partial charge on any atom is -0.481 e. The third-order valence-electron chi connectivity index (χ3n) is 11.8. The van der Waals surface area contributed by atoms with Crippen molar-refractivity contribution in [2.75, 3.05) is 24.6 Å². The van der Waals surface area contributed by atoms with Crippen molar-refractivity contribution in [3.05, 3.63) is 129 Å². The molecule has 6 rings (SSSR count). The van der Waals surface area contributed by atoms with Crippen molar-refractivity contribution in [1.29, 1.82) is 0 Å². The smallest absolute Gasteiger partial charge is 0.303 e. The van der Waals surface area contributed by atoms with Crippen LogP contribution in [-0.2, 0) is 36.9 Å². The molecule has 11 nitrogen and oxygen atoms in total. The molecule has 0 saturated carbocycles. The predicted molar refractivity (Wildman–Crippen MR) is 239 cm³/mol. The molecule has 0 spiro atoms. The number of amidine groups is 1. The summed E-state index contributed by atoms with van der Waals surface area (Å²) in [5.41, 5.74) is 9.91. The molecule has 1 aliphatic carbocycles. The number of rotatable bonds is 18. The largest absolute Gasteiger partial charge is 0.481 e. The van der Waals surface area contributed by atoms with Crippen molar-refractivity contribution in [1.82, 2.24) is 4.90 Å².